The molecule has 2 aliphatic rings. The van der Waals surface area contributed by atoms with E-state index in [0.29, 0.717) is 30.5 Å². The Bertz CT molecular complexity index is 955. The highest BCUT2D eigenvalue weighted by molar-refractivity contribution is 6.30. The predicted molar refractivity (Wildman–Crippen MR) is 118 cm³/mol. The molecule has 1 amide bonds. The molecule has 32 heavy (non-hydrogen) atoms. The number of benzene rings is 2. The van der Waals surface area contributed by atoms with Crippen LogP contribution in [0.1, 0.15) is 50.2 Å². The molecule has 3 nitrogen and oxygen atoms in total. The molecule has 1 unspecified atom stereocenters. The summed E-state index contributed by atoms with van der Waals surface area (Å²) in [7, 11) is 0. The van der Waals surface area contributed by atoms with E-state index in [1.165, 1.54) is 12.1 Å². The topological polar surface area (TPSA) is 29.5 Å². The van der Waals surface area contributed by atoms with Crippen LogP contribution in [-0.2, 0) is 16.4 Å². The number of rotatable bonds is 5. The van der Waals surface area contributed by atoms with E-state index >= 15 is 0 Å². The third-order valence-electron chi connectivity index (χ3n) is 6.85. The van der Waals surface area contributed by atoms with Crippen LogP contribution >= 0.6 is 11.6 Å². The molecule has 7 heteroatoms. The van der Waals surface area contributed by atoms with Crippen molar-refractivity contribution in [2.75, 3.05) is 19.7 Å². The number of amides is 1. The highest BCUT2D eigenvalue weighted by Crippen LogP contribution is 2.46. The summed E-state index contributed by atoms with van der Waals surface area (Å²) in [5, 5.41) is 0.654. The van der Waals surface area contributed by atoms with E-state index in [4.69, 9.17) is 16.3 Å². The van der Waals surface area contributed by atoms with Crippen molar-refractivity contribution in [2.24, 2.45) is 5.41 Å². The summed E-state index contributed by atoms with van der Waals surface area (Å²) < 4.78 is 44.1. The molecule has 0 spiro atoms. The van der Waals surface area contributed by atoms with Crippen molar-refractivity contribution >= 4 is 17.5 Å². The van der Waals surface area contributed by atoms with Crippen LogP contribution in [0.3, 0.4) is 0 Å². The van der Waals surface area contributed by atoms with Gasteiger partial charge in [0.05, 0.1) is 17.6 Å². The highest BCUT2D eigenvalue weighted by Gasteiger charge is 2.49. The lowest BCUT2D eigenvalue weighted by Gasteiger charge is -2.48. The Kier molecular flexibility index (Phi) is 6.19. The third-order valence-corrected chi connectivity index (χ3v) is 7.10. The van der Waals surface area contributed by atoms with E-state index in [0.717, 1.165) is 49.8 Å². The molecule has 4 rings (SSSR count). The number of halogens is 4. The summed E-state index contributed by atoms with van der Waals surface area (Å²) >= 11 is 6.04. The Morgan fingerprint density at radius 1 is 1.03 bits per heavy atom. The van der Waals surface area contributed by atoms with E-state index in [2.05, 4.69) is 6.92 Å². The van der Waals surface area contributed by atoms with E-state index in [1.807, 2.05) is 29.2 Å². The van der Waals surface area contributed by atoms with Gasteiger partial charge in [-0.1, -0.05) is 37.1 Å². The van der Waals surface area contributed by atoms with Gasteiger partial charge in [0, 0.05) is 23.5 Å². The zero-order chi connectivity index (χ0) is 23.0. The van der Waals surface area contributed by atoms with Gasteiger partial charge in [0.2, 0.25) is 5.91 Å². The highest BCUT2D eigenvalue weighted by atomic mass is 35.5. The molecule has 1 saturated heterocycles. The monoisotopic (exact) mass is 465 g/mol. The molecule has 2 aromatic rings. The number of alkyl halides is 3. The summed E-state index contributed by atoms with van der Waals surface area (Å²) in [4.78, 5) is 15.6. The maximum atomic E-state index is 13.6. The first-order valence-electron chi connectivity index (χ1n) is 11.0. The second-order valence-electron chi connectivity index (χ2n) is 9.39. The van der Waals surface area contributed by atoms with Crippen LogP contribution in [0.25, 0.3) is 0 Å². The number of hydrogen-bond donors (Lipinski definition) is 0. The summed E-state index contributed by atoms with van der Waals surface area (Å²) in [6.07, 6.45) is 0.0962. The number of ether oxygens (including phenoxy) is 1. The molecule has 2 aromatic carbocycles. The molecule has 1 heterocycles. The molecule has 1 aliphatic carbocycles. The number of hydrogen-bond acceptors (Lipinski definition) is 2. The van der Waals surface area contributed by atoms with Crippen molar-refractivity contribution in [1.82, 2.24) is 4.90 Å². The van der Waals surface area contributed by atoms with Crippen molar-refractivity contribution in [1.29, 1.82) is 0 Å². The lowest BCUT2D eigenvalue weighted by Crippen LogP contribution is -2.56. The normalized spacial score (nSPS) is 22.8. The molecular formula is C25H27ClF3NO2. The van der Waals surface area contributed by atoms with Gasteiger partial charge >= 0.3 is 6.18 Å². The Labute approximate surface area is 191 Å². The maximum absolute atomic E-state index is 13.6. The molecule has 1 aliphatic heterocycles. The lowest BCUT2D eigenvalue weighted by atomic mass is 9.63. The number of carbonyl (C=O) groups is 1. The SMILES string of the molecule is CC1(COc2ccc(C(F)(F)F)cc2)CCCN(C(=O)C2(c3ccc(Cl)cc3)CCC2)C1. The van der Waals surface area contributed by atoms with Gasteiger partial charge in [0.1, 0.15) is 5.75 Å². The Morgan fingerprint density at radius 3 is 2.25 bits per heavy atom. The van der Waals surface area contributed by atoms with Crippen LogP contribution in [0.15, 0.2) is 48.5 Å². The molecule has 2 fully saturated rings. The van der Waals surface area contributed by atoms with Crippen molar-refractivity contribution < 1.29 is 22.7 Å². The average molecular weight is 466 g/mol. The predicted octanol–water partition coefficient (Wildman–Crippen LogP) is 6.49. The second kappa shape index (κ2) is 8.62. The van der Waals surface area contributed by atoms with Gasteiger partial charge in [0.15, 0.2) is 0 Å². The Balaban J connectivity index is 1.43. The van der Waals surface area contributed by atoms with Crippen LogP contribution in [0.2, 0.25) is 5.02 Å². The zero-order valence-corrected chi connectivity index (χ0v) is 18.8. The smallest absolute Gasteiger partial charge is 0.416 e. The first kappa shape index (κ1) is 23.0. The summed E-state index contributed by atoms with van der Waals surface area (Å²) in [6.45, 7) is 3.70. The fraction of sp³-hybridized carbons (Fsp3) is 0.480. The molecule has 0 radical (unpaired) electrons. The standard InChI is InChI=1S/C25H27ClF3NO2/c1-23(17-32-21-10-6-19(7-11-21)25(27,28)29)12-3-15-30(16-23)22(31)24(13-2-14-24)18-4-8-20(26)9-5-18/h4-11H,2-3,12-17H2,1H3. The maximum Gasteiger partial charge on any atom is 0.416 e. The molecule has 1 atom stereocenters. The van der Waals surface area contributed by atoms with E-state index in [1.54, 1.807) is 0 Å². The fourth-order valence-corrected chi connectivity index (χ4v) is 4.96. The minimum Gasteiger partial charge on any atom is -0.493 e. The van der Waals surface area contributed by atoms with Gasteiger partial charge in [0.25, 0.3) is 0 Å². The first-order chi connectivity index (χ1) is 15.1. The second-order valence-corrected chi connectivity index (χ2v) is 9.83. The first-order valence-corrected chi connectivity index (χ1v) is 11.3. The van der Waals surface area contributed by atoms with Crippen molar-refractivity contribution in [3.05, 3.63) is 64.7 Å². The summed E-state index contributed by atoms with van der Waals surface area (Å²) in [5.74, 6) is 0.561. The Hall–Kier alpha value is -2.21. The van der Waals surface area contributed by atoms with Crippen molar-refractivity contribution in [3.8, 4) is 5.75 Å². The zero-order valence-electron chi connectivity index (χ0n) is 18.1. The van der Waals surface area contributed by atoms with E-state index in [-0.39, 0.29) is 11.3 Å². The van der Waals surface area contributed by atoms with Crippen LogP contribution in [0.5, 0.6) is 5.75 Å². The molecule has 172 valence electrons. The van der Waals surface area contributed by atoms with Gasteiger partial charge in [-0.05, 0) is 67.6 Å². The Morgan fingerprint density at radius 2 is 1.69 bits per heavy atom. The van der Waals surface area contributed by atoms with Crippen LogP contribution in [0, 0.1) is 5.41 Å². The summed E-state index contributed by atoms with van der Waals surface area (Å²) in [5.41, 5.74) is -0.413. The molecule has 0 bridgehead atoms. The average Bonchev–Trinajstić information content (AvgIpc) is 2.72. The number of nitrogens with zero attached hydrogens (tertiary/aromatic N) is 1. The minimum atomic E-state index is -4.36. The van der Waals surface area contributed by atoms with Gasteiger partial charge in [-0.3, -0.25) is 4.79 Å². The van der Waals surface area contributed by atoms with Gasteiger partial charge in [-0.25, -0.2) is 0 Å². The van der Waals surface area contributed by atoms with E-state index < -0.39 is 17.2 Å². The largest absolute Gasteiger partial charge is 0.493 e. The van der Waals surface area contributed by atoms with Crippen molar-refractivity contribution in [2.45, 2.75) is 50.6 Å². The van der Waals surface area contributed by atoms with Crippen molar-refractivity contribution in [3.63, 3.8) is 0 Å². The minimum absolute atomic E-state index is 0.159. The molecular weight excluding hydrogens is 439 g/mol. The van der Waals surface area contributed by atoms with Gasteiger partial charge < -0.3 is 9.64 Å². The third kappa shape index (κ3) is 4.61. The van der Waals surface area contributed by atoms with Crippen LogP contribution < -0.4 is 4.74 Å². The van der Waals surface area contributed by atoms with Gasteiger partial charge in [-0.15, -0.1) is 0 Å². The van der Waals surface area contributed by atoms with Crippen LogP contribution in [-0.4, -0.2) is 30.5 Å². The fourth-order valence-electron chi connectivity index (χ4n) is 4.83. The number of piperidine rings is 1. The molecule has 0 N–H and O–H groups in total. The number of likely N-dealkylation sites (tertiary alicyclic amines) is 1. The van der Waals surface area contributed by atoms with Crippen LogP contribution in [0.4, 0.5) is 13.2 Å². The number of carbonyl (C=O) groups excluding carboxylic acids is 1. The molecule has 1 saturated carbocycles. The quantitative estimate of drug-likeness (QED) is 0.505. The van der Waals surface area contributed by atoms with E-state index in [9.17, 15) is 18.0 Å². The lowest BCUT2D eigenvalue weighted by molar-refractivity contribution is -0.145. The van der Waals surface area contributed by atoms with Gasteiger partial charge in [-0.2, -0.15) is 13.2 Å². The molecule has 0 aromatic heterocycles. The summed E-state index contributed by atoms with van der Waals surface area (Å²) in [6, 6.07) is 12.3.